The van der Waals surface area contributed by atoms with Crippen LogP contribution in [0.4, 0.5) is 0 Å². The molecule has 0 aliphatic carbocycles. The molecule has 0 aliphatic rings. The third-order valence-corrected chi connectivity index (χ3v) is 1.34. The Morgan fingerprint density at radius 3 is 1.12 bits per heavy atom. The summed E-state index contributed by atoms with van der Waals surface area (Å²) in [7, 11) is 3.57. The van der Waals surface area contributed by atoms with Crippen molar-refractivity contribution in [1.29, 1.82) is 0 Å². The summed E-state index contributed by atoms with van der Waals surface area (Å²) in [6, 6.07) is 0. The Morgan fingerprint density at radius 1 is 0.875 bits per heavy atom. The van der Waals surface area contributed by atoms with Gasteiger partial charge >= 0.3 is 31.0 Å². The van der Waals surface area contributed by atoms with Crippen molar-refractivity contribution >= 4 is 8.60 Å². The van der Waals surface area contributed by atoms with E-state index in [0.717, 1.165) is 0 Å². The van der Waals surface area contributed by atoms with Gasteiger partial charge in [0.15, 0.2) is 0 Å². The summed E-state index contributed by atoms with van der Waals surface area (Å²) in [5, 5.41) is 0. The van der Waals surface area contributed by atoms with Crippen LogP contribution in [0.25, 0.3) is 0 Å². The minimum absolute atomic E-state index is 0. The fraction of sp³-hybridized carbons (Fsp3) is 1.00. The number of hydrogen-bond donors (Lipinski definition) is 0. The Kier molecular flexibility index (Phi) is 11.9. The molecule has 0 bridgehead atoms. The first-order valence-corrected chi connectivity index (χ1v) is 2.87. The van der Waals surface area contributed by atoms with Crippen LogP contribution in [0.5, 0.6) is 0 Å². The molecule has 5 heteroatoms. The molecule has 0 saturated carbocycles. The van der Waals surface area contributed by atoms with Crippen molar-refractivity contribution in [2.24, 2.45) is 0 Å². The van der Waals surface area contributed by atoms with Gasteiger partial charge < -0.3 is 13.6 Å². The van der Waals surface area contributed by atoms with Crippen LogP contribution in [0.15, 0.2) is 0 Å². The molecule has 0 radical (unpaired) electrons. The molecule has 0 rings (SSSR count). The van der Waals surface area contributed by atoms with E-state index in [1.165, 1.54) is 0 Å². The molecule has 0 saturated heterocycles. The van der Waals surface area contributed by atoms with Crippen LogP contribution in [0.3, 0.4) is 0 Å². The van der Waals surface area contributed by atoms with Crippen molar-refractivity contribution in [3.8, 4) is 0 Å². The maximum atomic E-state index is 4.67. The standard InChI is InChI=1S/C3H9O3P.Au/c1-4-7(5-2)6-3;/h1-3H3;/q;+1. The SMILES string of the molecule is COP(OC)OC.[Au+]. The van der Waals surface area contributed by atoms with Gasteiger partial charge in [-0.05, 0) is 0 Å². The Balaban J connectivity index is 0. The summed E-state index contributed by atoms with van der Waals surface area (Å²) in [5.74, 6) is 0. The van der Waals surface area contributed by atoms with Crippen LogP contribution >= 0.6 is 8.60 Å². The maximum absolute atomic E-state index is 4.67. The first-order chi connectivity index (χ1) is 3.35. The first-order valence-electron chi connectivity index (χ1n) is 1.77. The van der Waals surface area contributed by atoms with E-state index in [9.17, 15) is 0 Å². The summed E-state index contributed by atoms with van der Waals surface area (Å²) in [5.41, 5.74) is 0. The quantitative estimate of drug-likeness (QED) is 0.577. The van der Waals surface area contributed by atoms with Gasteiger partial charge in [-0.25, -0.2) is 0 Å². The fourth-order valence-corrected chi connectivity index (χ4v) is 0.671. The van der Waals surface area contributed by atoms with Crippen molar-refractivity contribution in [2.75, 3.05) is 21.3 Å². The van der Waals surface area contributed by atoms with E-state index in [1.54, 1.807) is 21.3 Å². The molecule has 54 valence electrons. The molecule has 0 atom stereocenters. The Hall–Kier alpha value is 1.05. The summed E-state index contributed by atoms with van der Waals surface area (Å²) in [6.07, 6.45) is 0. The van der Waals surface area contributed by atoms with Gasteiger partial charge in [0.2, 0.25) is 0 Å². The second kappa shape index (κ2) is 8.05. The normalized spacial score (nSPS) is 9.00. The monoisotopic (exact) mass is 321 g/mol. The fourth-order valence-electron chi connectivity index (χ4n) is 0.224. The van der Waals surface area contributed by atoms with Crippen LogP contribution in [0, 0.1) is 0 Å². The predicted molar refractivity (Wildman–Crippen MR) is 27.9 cm³/mol. The Labute approximate surface area is 66.2 Å². The second-order valence-corrected chi connectivity index (χ2v) is 2.31. The van der Waals surface area contributed by atoms with Crippen LogP contribution in [0.1, 0.15) is 0 Å². The molecule has 0 spiro atoms. The van der Waals surface area contributed by atoms with Crippen LogP contribution in [0.2, 0.25) is 0 Å². The van der Waals surface area contributed by atoms with Crippen molar-refractivity contribution in [2.45, 2.75) is 0 Å². The van der Waals surface area contributed by atoms with Crippen LogP contribution in [-0.4, -0.2) is 21.3 Å². The minimum Gasteiger partial charge on any atom is -0.316 e. The third-order valence-electron chi connectivity index (χ3n) is 0.447. The molecule has 0 N–H and O–H groups in total. The smallest absolute Gasteiger partial charge is 0.316 e. The van der Waals surface area contributed by atoms with Crippen LogP contribution in [-0.2, 0) is 36.0 Å². The van der Waals surface area contributed by atoms with E-state index in [2.05, 4.69) is 13.6 Å². The zero-order valence-electron chi connectivity index (χ0n) is 4.97. The first kappa shape index (κ1) is 11.8. The zero-order chi connectivity index (χ0) is 5.70. The molecule has 0 unspecified atom stereocenters. The van der Waals surface area contributed by atoms with Gasteiger partial charge in [-0.1, -0.05) is 0 Å². The molecule has 0 fully saturated rings. The van der Waals surface area contributed by atoms with E-state index >= 15 is 0 Å². The molecule has 0 amide bonds. The van der Waals surface area contributed by atoms with Crippen LogP contribution < -0.4 is 0 Å². The number of hydrogen-bond acceptors (Lipinski definition) is 3. The van der Waals surface area contributed by atoms with E-state index in [1.807, 2.05) is 0 Å². The van der Waals surface area contributed by atoms with Crippen molar-refractivity contribution in [3.05, 3.63) is 0 Å². The van der Waals surface area contributed by atoms with Gasteiger partial charge in [-0.3, -0.25) is 0 Å². The van der Waals surface area contributed by atoms with Gasteiger partial charge in [0.1, 0.15) is 0 Å². The average molecular weight is 321 g/mol. The molecule has 0 aliphatic heterocycles. The molecule has 0 aromatic heterocycles. The summed E-state index contributed by atoms with van der Waals surface area (Å²) < 4.78 is 14.0. The van der Waals surface area contributed by atoms with E-state index in [0.29, 0.717) is 0 Å². The summed E-state index contributed by atoms with van der Waals surface area (Å²) in [4.78, 5) is 0. The van der Waals surface area contributed by atoms with Gasteiger partial charge in [-0.15, -0.1) is 0 Å². The minimum atomic E-state index is -1.05. The molecule has 0 aromatic rings. The average Bonchev–Trinajstić information content (AvgIpc) is 1.72. The second-order valence-electron chi connectivity index (χ2n) is 0.771. The largest absolute Gasteiger partial charge is 1.00 e. The zero-order valence-corrected chi connectivity index (χ0v) is 8.03. The number of rotatable bonds is 3. The molecular formula is C3H9AuO3P+. The summed E-state index contributed by atoms with van der Waals surface area (Å²) in [6.45, 7) is 0. The van der Waals surface area contributed by atoms with Crippen molar-refractivity contribution in [3.63, 3.8) is 0 Å². The molecule has 0 heterocycles. The van der Waals surface area contributed by atoms with Gasteiger partial charge in [-0.2, -0.15) is 0 Å². The van der Waals surface area contributed by atoms with Gasteiger partial charge in [0.25, 0.3) is 0 Å². The van der Waals surface area contributed by atoms with E-state index < -0.39 is 8.60 Å². The van der Waals surface area contributed by atoms with E-state index in [-0.39, 0.29) is 22.4 Å². The predicted octanol–water partition coefficient (Wildman–Crippen LogP) is 1.15. The van der Waals surface area contributed by atoms with Gasteiger partial charge in [0, 0.05) is 21.3 Å². The third kappa shape index (κ3) is 5.19. The maximum Gasteiger partial charge on any atom is 1.00 e. The Bertz CT molecular complexity index is 36.0. The molecule has 8 heavy (non-hydrogen) atoms. The van der Waals surface area contributed by atoms with Crippen molar-refractivity contribution in [1.82, 2.24) is 0 Å². The Morgan fingerprint density at radius 2 is 1.12 bits per heavy atom. The van der Waals surface area contributed by atoms with Crippen molar-refractivity contribution < 1.29 is 36.0 Å². The topological polar surface area (TPSA) is 27.7 Å². The van der Waals surface area contributed by atoms with Gasteiger partial charge in [0.05, 0.1) is 0 Å². The van der Waals surface area contributed by atoms with E-state index in [4.69, 9.17) is 0 Å². The molecular weight excluding hydrogens is 312 g/mol. The summed E-state index contributed by atoms with van der Waals surface area (Å²) >= 11 is 0. The molecule has 3 nitrogen and oxygen atoms in total. The molecule has 0 aromatic carbocycles.